The third kappa shape index (κ3) is 3.48. The van der Waals surface area contributed by atoms with E-state index >= 15 is 0 Å². The van der Waals surface area contributed by atoms with Crippen LogP contribution in [0.3, 0.4) is 0 Å². The van der Waals surface area contributed by atoms with Crippen molar-refractivity contribution in [2.24, 2.45) is 0 Å². The van der Waals surface area contributed by atoms with Gasteiger partial charge in [0, 0.05) is 39.3 Å². The predicted octanol–water partition coefficient (Wildman–Crippen LogP) is 2.49. The fraction of sp³-hybridized carbons (Fsp3) is 1.00. The minimum atomic E-state index is 1.26. The topological polar surface area (TPSA) is 13.0 Å². The Morgan fingerprint density at radius 1 is 0.368 bits per heavy atom. The maximum atomic E-state index is 2.63. The van der Waals surface area contributed by atoms with Crippen molar-refractivity contribution in [3.8, 4) is 0 Å². The summed E-state index contributed by atoms with van der Waals surface area (Å²) in [6.07, 6.45) is 12.5. The molecule has 0 aromatic heterocycles. The second kappa shape index (κ2) is 7.02. The molecule has 0 atom stereocenters. The SMILES string of the molecule is C1CCN(N(N2CCCCC2)N2CCCCC2)CC1. The molecule has 0 unspecified atom stereocenters. The molecule has 3 heterocycles. The van der Waals surface area contributed by atoms with Crippen LogP contribution in [0.4, 0.5) is 0 Å². The summed E-state index contributed by atoms with van der Waals surface area (Å²) < 4.78 is 0. The van der Waals surface area contributed by atoms with Crippen molar-refractivity contribution in [3.63, 3.8) is 0 Å². The van der Waals surface area contributed by atoms with E-state index in [9.17, 15) is 0 Å². The zero-order valence-corrected chi connectivity index (χ0v) is 12.4. The van der Waals surface area contributed by atoms with E-state index in [2.05, 4.69) is 20.3 Å². The van der Waals surface area contributed by atoms with Crippen LogP contribution in [-0.2, 0) is 0 Å². The van der Waals surface area contributed by atoms with Crippen LogP contribution < -0.4 is 0 Å². The lowest BCUT2D eigenvalue weighted by Gasteiger charge is -2.50. The quantitative estimate of drug-likeness (QED) is 0.778. The highest BCUT2D eigenvalue weighted by Gasteiger charge is 2.30. The predicted molar refractivity (Wildman–Crippen MR) is 78.1 cm³/mol. The van der Waals surface area contributed by atoms with Crippen molar-refractivity contribution in [1.82, 2.24) is 20.3 Å². The van der Waals surface area contributed by atoms with E-state index in [0.717, 1.165) is 0 Å². The van der Waals surface area contributed by atoms with Gasteiger partial charge < -0.3 is 0 Å². The summed E-state index contributed by atoms with van der Waals surface area (Å²) in [7, 11) is 0. The van der Waals surface area contributed by atoms with E-state index in [1.165, 1.54) is 97.1 Å². The normalized spacial score (nSPS) is 28.9. The van der Waals surface area contributed by atoms with Gasteiger partial charge in [-0.15, -0.1) is 5.23 Å². The van der Waals surface area contributed by atoms with Gasteiger partial charge in [-0.05, 0) is 38.5 Å². The maximum Gasteiger partial charge on any atom is 0.0160 e. The first-order chi connectivity index (χ1) is 9.45. The average molecular weight is 266 g/mol. The van der Waals surface area contributed by atoms with Crippen LogP contribution >= 0.6 is 0 Å². The molecule has 0 saturated carbocycles. The van der Waals surface area contributed by atoms with Gasteiger partial charge in [-0.3, -0.25) is 0 Å². The molecule has 3 saturated heterocycles. The molecule has 0 aromatic carbocycles. The molecular weight excluding hydrogens is 236 g/mol. The first-order valence-electron chi connectivity index (χ1n) is 8.50. The first kappa shape index (κ1) is 13.8. The van der Waals surface area contributed by atoms with Crippen LogP contribution in [0.25, 0.3) is 0 Å². The van der Waals surface area contributed by atoms with E-state index in [-0.39, 0.29) is 0 Å². The monoisotopic (exact) mass is 266 g/mol. The van der Waals surface area contributed by atoms with Gasteiger partial charge in [-0.25, -0.2) is 15.0 Å². The molecule has 0 N–H and O–H groups in total. The van der Waals surface area contributed by atoms with Gasteiger partial charge in [-0.1, -0.05) is 19.3 Å². The lowest BCUT2D eigenvalue weighted by molar-refractivity contribution is -0.319. The zero-order valence-electron chi connectivity index (χ0n) is 12.4. The van der Waals surface area contributed by atoms with Crippen LogP contribution in [0.2, 0.25) is 0 Å². The summed E-state index contributed by atoms with van der Waals surface area (Å²) in [6, 6.07) is 0. The summed E-state index contributed by atoms with van der Waals surface area (Å²) in [4.78, 5) is 0. The molecule has 3 aliphatic heterocycles. The molecule has 110 valence electrons. The third-order valence-corrected chi connectivity index (χ3v) is 4.76. The highest BCUT2D eigenvalue weighted by Crippen LogP contribution is 2.22. The number of hydrogen-bond acceptors (Lipinski definition) is 4. The van der Waals surface area contributed by atoms with Gasteiger partial charge in [0.25, 0.3) is 0 Å². The van der Waals surface area contributed by atoms with Gasteiger partial charge in [0.2, 0.25) is 0 Å². The molecule has 0 amide bonds. The van der Waals surface area contributed by atoms with Crippen LogP contribution in [0.1, 0.15) is 57.8 Å². The molecule has 0 aromatic rings. The minimum Gasteiger partial charge on any atom is -0.213 e. The van der Waals surface area contributed by atoms with Gasteiger partial charge in [0.15, 0.2) is 0 Å². The second-order valence-corrected chi connectivity index (χ2v) is 6.31. The summed E-state index contributed by atoms with van der Waals surface area (Å²) in [5.41, 5.74) is 0. The van der Waals surface area contributed by atoms with Crippen LogP contribution in [0, 0.1) is 0 Å². The van der Waals surface area contributed by atoms with E-state index in [4.69, 9.17) is 0 Å². The van der Waals surface area contributed by atoms with Gasteiger partial charge in [0.1, 0.15) is 0 Å². The highest BCUT2D eigenvalue weighted by atomic mass is 16.0. The number of hydrogen-bond donors (Lipinski definition) is 0. The summed E-state index contributed by atoms with van der Waals surface area (Å²) in [5, 5.41) is 10.5. The standard InChI is InChI=1S/C15H30N4/c1-4-10-16(11-5-1)19(17-12-6-2-7-13-17)18-14-8-3-9-15-18/h1-15H2. The fourth-order valence-corrected chi connectivity index (χ4v) is 3.70. The van der Waals surface area contributed by atoms with E-state index in [1.807, 2.05) is 0 Å². The lowest BCUT2D eigenvalue weighted by Crippen LogP contribution is -2.64. The molecule has 19 heavy (non-hydrogen) atoms. The second-order valence-electron chi connectivity index (χ2n) is 6.31. The van der Waals surface area contributed by atoms with Gasteiger partial charge >= 0.3 is 0 Å². The maximum absolute atomic E-state index is 2.63. The van der Waals surface area contributed by atoms with Crippen molar-refractivity contribution in [1.29, 1.82) is 0 Å². The Labute approximate surface area is 118 Å². The molecule has 3 rings (SSSR count). The Morgan fingerprint density at radius 2 is 0.632 bits per heavy atom. The highest BCUT2D eigenvalue weighted by molar-refractivity contribution is 4.69. The Kier molecular flexibility index (Phi) is 5.10. The van der Waals surface area contributed by atoms with Crippen molar-refractivity contribution >= 4 is 0 Å². The largest absolute Gasteiger partial charge is 0.213 e. The molecule has 4 heteroatoms. The first-order valence-corrected chi connectivity index (χ1v) is 8.50. The molecule has 4 nitrogen and oxygen atoms in total. The summed E-state index contributed by atoms with van der Waals surface area (Å²) in [6.45, 7) is 7.54. The Morgan fingerprint density at radius 3 is 0.895 bits per heavy atom. The molecule has 0 aliphatic carbocycles. The van der Waals surface area contributed by atoms with E-state index in [1.54, 1.807) is 0 Å². The van der Waals surface area contributed by atoms with Crippen molar-refractivity contribution in [2.75, 3.05) is 39.3 Å². The Hall–Kier alpha value is -0.160. The zero-order chi connectivity index (χ0) is 12.9. The van der Waals surface area contributed by atoms with Crippen LogP contribution in [-0.4, -0.2) is 59.5 Å². The van der Waals surface area contributed by atoms with Crippen molar-refractivity contribution < 1.29 is 0 Å². The van der Waals surface area contributed by atoms with Crippen molar-refractivity contribution in [3.05, 3.63) is 0 Å². The van der Waals surface area contributed by atoms with Crippen molar-refractivity contribution in [2.45, 2.75) is 57.8 Å². The average Bonchev–Trinajstić information content (AvgIpc) is 2.51. The molecule has 0 bridgehead atoms. The molecule has 0 spiro atoms. The smallest absolute Gasteiger partial charge is 0.0160 e. The lowest BCUT2D eigenvalue weighted by atomic mass is 10.1. The Balaban J connectivity index is 1.68. The molecule has 3 aliphatic rings. The summed E-state index contributed by atoms with van der Waals surface area (Å²) >= 11 is 0. The number of piperidine rings is 3. The molecule has 3 fully saturated rings. The molecule has 0 radical (unpaired) electrons. The van der Waals surface area contributed by atoms with Crippen LogP contribution in [0.5, 0.6) is 0 Å². The summed E-state index contributed by atoms with van der Waals surface area (Å²) in [5.74, 6) is 0. The molecular formula is C15H30N4. The van der Waals surface area contributed by atoms with E-state index < -0.39 is 0 Å². The minimum absolute atomic E-state index is 1.26. The fourth-order valence-electron chi connectivity index (χ4n) is 3.70. The van der Waals surface area contributed by atoms with Gasteiger partial charge in [-0.2, -0.15) is 0 Å². The number of hydrazine groups is 3. The number of nitrogens with zero attached hydrogens (tertiary/aromatic N) is 4. The Bertz CT molecular complexity index is 210. The van der Waals surface area contributed by atoms with Gasteiger partial charge in [0.05, 0.1) is 0 Å². The third-order valence-electron chi connectivity index (χ3n) is 4.76. The van der Waals surface area contributed by atoms with E-state index in [0.29, 0.717) is 0 Å². The van der Waals surface area contributed by atoms with Crippen LogP contribution in [0.15, 0.2) is 0 Å². The number of rotatable bonds is 3.